The van der Waals surface area contributed by atoms with Crippen LogP contribution in [0.2, 0.25) is 0 Å². The molecule has 2 saturated heterocycles. The molecule has 0 saturated carbocycles. The van der Waals surface area contributed by atoms with E-state index in [-0.39, 0.29) is 44.1 Å². The molecule has 14 heteroatoms. The van der Waals surface area contributed by atoms with Gasteiger partial charge in [0.15, 0.2) is 12.1 Å². The van der Waals surface area contributed by atoms with Crippen molar-refractivity contribution in [3.63, 3.8) is 0 Å². The zero-order valence-electron chi connectivity index (χ0n) is 24.4. The van der Waals surface area contributed by atoms with Crippen LogP contribution >= 0.6 is 0 Å². The van der Waals surface area contributed by atoms with Crippen molar-refractivity contribution in [2.45, 2.75) is 127 Å². The van der Waals surface area contributed by atoms with E-state index < -0.39 is 78.9 Å². The van der Waals surface area contributed by atoms with Gasteiger partial charge in [-0.05, 0) is 18.8 Å². The largest absolute Gasteiger partial charge is 0.481 e. The molecule has 0 aromatic rings. The molecule has 0 aromatic carbocycles. The van der Waals surface area contributed by atoms with Crippen molar-refractivity contribution in [1.82, 2.24) is 10.6 Å². The van der Waals surface area contributed by atoms with Gasteiger partial charge in [-0.1, -0.05) is 39.8 Å². The molecular weight excluding hydrogens is 542 g/mol. The Morgan fingerprint density at radius 3 is 2.39 bits per heavy atom. The van der Waals surface area contributed by atoms with Crippen LogP contribution in [0.15, 0.2) is 12.2 Å². The van der Waals surface area contributed by atoms with Gasteiger partial charge in [0.25, 0.3) is 0 Å². The number of aliphatic carboxylic acids is 1. The number of hydrogen-bond acceptors (Lipinski definition) is 11. The summed E-state index contributed by atoms with van der Waals surface area (Å²) in [5.74, 6) is -3.12. The summed E-state index contributed by atoms with van der Waals surface area (Å²) in [5, 5.41) is 67.4. The Bertz CT molecular complexity index is 875. The summed E-state index contributed by atoms with van der Waals surface area (Å²) in [6, 6.07) is -2.83. The second-order valence-electron chi connectivity index (χ2n) is 11.8. The third-order valence-corrected chi connectivity index (χ3v) is 7.32. The average Bonchev–Trinajstić information content (AvgIpc) is 2.86. The van der Waals surface area contributed by atoms with E-state index in [0.29, 0.717) is 0 Å². The van der Waals surface area contributed by atoms with Gasteiger partial charge in [0.2, 0.25) is 0 Å². The fourth-order valence-corrected chi connectivity index (χ4v) is 4.78. The molecule has 2 heterocycles. The first-order valence-electron chi connectivity index (χ1n) is 14.2. The second kappa shape index (κ2) is 15.5. The molecule has 11 atom stereocenters. The van der Waals surface area contributed by atoms with Crippen molar-refractivity contribution in [3.05, 3.63) is 12.2 Å². The lowest BCUT2D eigenvalue weighted by atomic mass is 9.86. The van der Waals surface area contributed by atoms with Crippen LogP contribution in [0.4, 0.5) is 4.79 Å². The molecule has 2 amide bonds. The van der Waals surface area contributed by atoms with Crippen LogP contribution in [0.3, 0.4) is 0 Å². The molecule has 0 aliphatic carbocycles. The number of nitrogens with one attached hydrogen (secondary N) is 2. The first-order valence-corrected chi connectivity index (χ1v) is 14.2. The van der Waals surface area contributed by atoms with Gasteiger partial charge in [-0.15, -0.1) is 0 Å². The molecule has 7 unspecified atom stereocenters. The Hall–Kier alpha value is -1.88. The van der Waals surface area contributed by atoms with Crippen LogP contribution in [-0.2, 0) is 19.0 Å². The van der Waals surface area contributed by atoms with Gasteiger partial charge in [-0.3, -0.25) is 4.79 Å². The van der Waals surface area contributed by atoms with Crippen LogP contribution in [0.5, 0.6) is 0 Å². The van der Waals surface area contributed by atoms with Crippen molar-refractivity contribution in [3.8, 4) is 0 Å². The van der Waals surface area contributed by atoms with E-state index in [1.165, 1.54) is 0 Å². The molecule has 2 aliphatic heterocycles. The highest BCUT2D eigenvalue weighted by atomic mass is 16.7. The zero-order valence-corrected chi connectivity index (χ0v) is 24.4. The van der Waals surface area contributed by atoms with Gasteiger partial charge in [-0.2, -0.15) is 0 Å². The number of aliphatic hydroxyl groups is 5. The van der Waals surface area contributed by atoms with Gasteiger partial charge < -0.3 is 61.2 Å². The number of hydrogen-bond donors (Lipinski definition) is 9. The number of carbonyl (C=O) groups excluding carboxylic acids is 1. The highest BCUT2D eigenvalue weighted by Crippen LogP contribution is 2.35. The van der Waals surface area contributed by atoms with Gasteiger partial charge in [0.05, 0.1) is 55.1 Å². The SMILES string of the molecule is CC(C)/C=C/[C@@H](CC1O[C@](O)(C[C@@H](O)C(C)C)C[C@H](O)C1NC(=O)NCCC(=O)O)OC1OC(C)C(O)C(N)C1O. The number of amides is 2. The minimum absolute atomic E-state index is 0.0425. The summed E-state index contributed by atoms with van der Waals surface area (Å²) in [7, 11) is 0. The van der Waals surface area contributed by atoms with E-state index in [0.717, 1.165) is 0 Å². The van der Waals surface area contributed by atoms with Crippen molar-refractivity contribution in [2.75, 3.05) is 6.54 Å². The van der Waals surface area contributed by atoms with Gasteiger partial charge >= 0.3 is 12.0 Å². The van der Waals surface area contributed by atoms with E-state index >= 15 is 0 Å². The topological polar surface area (TPSA) is 233 Å². The maximum atomic E-state index is 12.6. The summed E-state index contributed by atoms with van der Waals surface area (Å²) in [5.41, 5.74) is 5.96. The minimum Gasteiger partial charge on any atom is -0.481 e. The Morgan fingerprint density at radius 1 is 1.15 bits per heavy atom. The molecule has 10 N–H and O–H groups in total. The van der Waals surface area contributed by atoms with Gasteiger partial charge in [0.1, 0.15) is 6.10 Å². The third-order valence-electron chi connectivity index (χ3n) is 7.32. The van der Waals surface area contributed by atoms with Crippen LogP contribution in [0.25, 0.3) is 0 Å². The summed E-state index contributed by atoms with van der Waals surface area (Å²) >= 11 is 0. The monoisotopic (exact) mass is 591 g/mol. The van der Waals surface area contributed by atoms with E-state index in [1.807, 2.05) is 19.9 Å². The van der Waals surface area contributed by atoms with E-state index in [4.69, 9.17) is 25.1 Å². The molecule has 0 aromatic heterocycles. The number of aliphatic hydroxyl groups excluding tert-OH is 4. The Balaban J connectivity index is 2.32. The zero-order chi connectivity index (χ0) is 31.1. The summed E-state index contributed by atoms with van der Waals surface area (Å²) in [6.45, 7) is 8.86. The summed E-state index contributed by atoms with van der Waals surface area (Å²) < 4.78 is 17.8. The van der Waals surface area contributed by atoms with Crippen LogP contribution in [0, 0.1) is 11.8 Å². The summed E-state index contributed by atoms with van der Waals surface area (Å²) in [6.07, 6.45) is -5.86. The van der Waals surface area contributed by atoms with Crippen LogP contribution < -0.4 is 16.4 Å². The van der Waals surface area contributed by atoms with Gasteiger partial charge in [-0.25, -0.2) is 4.79 Å². The molecule has 2 aliphatic rings. The van der Waals surface area contributed by atoms with Crippen molar-refractivity contribution in [2.24, 2.45) is 17.6 Å². The van der Waals surface area contributed by atoms with E-state index in [2.05, 4.69) is 10.6 Å². The molecule has 0 radical (unpaired) electrons. The molecule has 41 heavy (non-hydrogen) atoms. The lowest BCUT2D eigenvalue weighted by Gasteiger charge is -2.46. The standard InChI is InChI=1S/C27H49N3O11/c1-13(2)6-7-16(40-25-24(36)21(28)23(35)15(5)39-25)10-19-22(30-26(37)29-9-8-20(33)34)18(32)12-27(38,41-19)11-17(31)14(3)4/h6-7,13-19,21-25,31-32,35-36,38H,8-12,28H2,1-5H3,(H,33,34)(H2,29,30,37)/b7-6+/t15?,16-,17+,18-,19?,21?,22?,23?,24?,25?,27+/m0/s1. The number of nitrogens with two attached hydrogens (primary N) is 1. The highest BCUT2D eigenvalue weighted by molar-refractivity contribution is 5.75. The normalized spacial score (nSPS) is 35.9. The minimum atomic E-state index is -1.93. The Labute approximate surface area is 240 Å². The second-order valence-corrected chi connectivity index (χ2v) is 11.8. The number of carboxylic acids is 1. The lowest BCUT2D eigenvalue weighted by molar-refractivity contribution is -0.303. The molecule has 238 valence electrons. The molecule has 2 fully saturated rings. The number of urea groups is 1. The predicted octanol–water partition coefficient (Wildman–Crippen LogP) is -0.844. The smallest absolute Gasteiger partial charge is 0.315 e. The third kappa shape index (κ3) is 10.7. The molecule has 0 bridgehead atoms. The maximum absolute atomic E-state index is 12.6. The highest BCUT2D eigenvalue weighted by Gasteiger charge is 2.49. The Morgan fingerprint density at radius 2 is 1.80 bits per heavy atom. The fourth-order valence-electron chi connectivity index (χ4n) is 4.78. The van der Waals surface area contributed by atoms with E-state index in [9.17, 15) is 35.1 Å². The number of carbonyl (C=O) groups is 2. The fraction of sp³-hybridized carbons (Fsp3) is 0.852. The van der Waals surface area contributed by atoms with Crippen LogP contribution in [0.1, 0.15) is 60.3 Å². The van der Waals surface area contributed by atoms with Crippen molar-refractivity contribution >= 4 is 12.0 Å². The maximum Gasteiger partial charge on any atom is 0.315 e. The van der Waals surface area contributed by atoms with Crippen molar-refractivity contribution < 1.29 is 54.4 Å². The average molecular weight is 592 g/mol. The van der Waals surface area contributed by atoms with Crippen LogP contribution in [-0.4, -0.2) is 116 Å². The molecule has 2 rings (SSSR count). The number of ether oxygens (including phenoxy) is 3. The predicted molar refractivity (Wildman–Crippen MR) is 146 cm³/mol. The quantitative estimate of drug-likeness (QED) is 0.119. The molecule has 14 nitrogen and oxygen atoms in total. The van der Waals surface area contributed by atoms with E-state index in [1.54, 1.807) is 26.8 Å². The number of allylic oxidation sites excluding steroid dienone is 1. The lowest BCUT2D eigenvalue weighted by Crippen LogP contribution is -2.64. The van der Waals surface area contributed by atoms with Gasteiger partial charge in [0, 0.05) is 25.8 Å². The first kappa shape index (κ1) is 35.3. The number of carboxylic acid groups (broad SMARTS) is 1. The first-order chi connectivity index (χ1) is 19.0. The molecular formula is C27H49N3O11. The number of rotatable bonds is 13. The Kier molecular flexibility index (Phi) is 13.4. The molecule has 0 spiro atoms. The summed E-state index contributed by atoms with van der Waals surface area (Å²) in [4.78, 5) is 23.4. The van der Waals surface area contributed by atoms with Crippen molar-refractivity contribution in [1.29, 1.82) is 0 Å².